The molecule has 19 heavy (non-hydrogen) atoms. The minimum atomic E-state index is -0.216. The van der Waals surface area contributed by atoms with Crippen molar-refractivity contribution in [1.29, 1.82) is 0 Å². The van der Waals surface area contributed by atoms with Gasteiger partial charge < -0.3 is 4.74 Å². The molecule has 1 atom stereocenters. The number of benzene rings is 1. The smallest absolute Gasteiger partial charge is 0.330 e. The van der Waals surface area contributed by atoms with Gasteiger partial charge in [0.15, 0.2) is 0 Å². The third-order valence-electron chi connectivity index (χ3n) is 3.42. The van der Waals surface area contributed by atoms with Crippen LogP contribution in [-0.4, -0.2) is 30.1 Å². The molecule has 3 heteroatoms. The highest BCUT2D eigenvalue weighted by Crippen LogP contribution is 2.24. The van der Waals surface area contributed by atoms with E-state index in [1.165, 1.54) is 11.1 Å². The van der Waals surface area contributed by atoms with E-state index >= 15 is 0 Å². The Hall–Kier alpha value is -1.61. The average Bonchev–Trinajstić information content (AvgIpc) is 2.71. The molecule has 1 unspecified atom stereocenters. The van der Waals surface area contributed by atoms with Crippen LogP contribution in [0.5, 0.6) is 0 Å². The second kappa shape index (κ2) is 6.53. The van der Waals surface area contributed by atoms with E-state index in [-0.39, 0.29) is 5.97 Å². The maximum atomic E-state index is 11.5. The van der Waals surface area contributed by atoms with Gasteiger partial charge in [0.1, 0.15) is 0 Å². The molecule has 0 spiro atoms. The van der Waals surface area contributed by atoms with E-state index in [0.29, 0.717) is 12.6 Å². The van der Waals surface area contributed by atoms with Gasteiger partial charge in [-0.15, -0.1) is 0 Å². The Morgan fingerprint density at radius 2 is 2.16 bits per heavy atom. The summed E-state index contributed by atoms with van der Waals surface area (Å²) < 4.78 is 4.96. The predicted octanol–water partition coefficient (Wildman–Crippen LogP) is 2.77. The molecule has 1 aromatic rings. The molecule has 1 aromatic carbocycles. The first-order chi connectivity index (χ1) is 9.19. The number of carbonyl (C=O) groups is 1. The summed E-state index contributed by atoms with van der Waals surface area (Å²) >= 11 is 0. The summed E-state index contributed by atoms with van der Waals surface area (Å²) in [5.74, 6) is -0.216. The summed E-state index contributed by atoms with van der Waals surface area (Å²) in [5, 5.41) is 0. The monoisotopic (exact) mass is 259 g/mol. The van der Waals surface area contributed by atoms with Crippen LogP contribution in [-0.2, 0) is 16.1 Å². The van der Waals surface area contributed by atoms with Crippen LogP contribution in [0.4, 0.5) is 0 Å². The normalized spacial score (nSPS) is 21.8. The van der Waals surface area contributed by atoms with Crippen LogP contribution in [0.3, 0.4) is 0 Å². The Kier molecular flexibility index (Phi) is 4.74. The fourth-order valence-electron chi connectivity index (χ4n) is 2.47. The van der Waals surface area contributed by atoms with Gasteiger partial charge in [0.2, 0.25) is 0 Å². The van der Waals surface area contributed by atoms with E-state index in [1.54, 1.807) is 6.08 Å². The highest BCUT2D eigenvalue weighted by molar-refractivity contribution is 5.83. The van der Waals surface area contributed by atoms with Gasteiger partial charge in [-0.3, -0.25) is 4.90 Å². The van der Waals surface area contributed by atoms with E-state index in [0.717, 1.165) is 19.5 Å². The van der Waals surface area contributed by atoms with Crippen molar-refractivity contribution in [2.45, 2.75) is 32.9 Å². The molecule has 1 aliphatic rings. The molecular weight excluding hydrogens is 238 g/mol. The zero-order valence-corrected chi connectivity index (χ0v) is 11.6. The Morgan fingerprint density at radius 3 is 2.84 bits per heavy atom. The van der Waals surface area contributed by atoms with Gasteiger partial charge in [0, 0.05) is 25.2 Å². The molecule has 3 nitrogen and oxygen atoms in total. The Morgan fingerprint density at radius 1 is 1.42 bits per heavy atom. The van der Waals surface area contributed by atoms with Crippen molar-refractivity contribution in [2.24, 2.45) is 0 Å². The molecule has 0 amide bonds. The topological polar surface area (TPSA) is 29.5 Å². The first-order valence-corrected chi connectivity index (χ1v) is 6.83. The zero-order chi connectivity index (χ0) is 13.7. The lowest BCUT2D eigenvalue weighted by Crippen LogP contribution is -2.26. The van der Waals surface area contributed by atoms with Crippen molar-refractivity contribution in [2.75, 3.05) is 13.2 Å². The van der Waals surface area contributed by atoms with Crippen molar-refractivity contribution >= 4 is 5.97 Å². The summed E-state index contributed by atoms with van der Waals surface area (Å²) in [7, 11) is 0. The summed E-state index contributed by atoms with van der Waals surface area (Å²) in [6, 6.07) is 10.9. The largest absolute Gasteiger partial charge is 0.463 e. The SMILES string of the molecule is CCOC(=O)/C=C1\CC(C)N(Cc2ccccc2)C1. The number of carbonyl (C=O) groups excluding carboxylic acids is 1. The third kappa shape index (κ3) is 3.93. The molecule has 0 bridgehead atoms. The standard InChI is InChI=1S/C16H21NO2/c1-3-19-16(18)10-15-9-13(2)17(12-15)11-14-7-5-4-6-8-14/h4-8,10,13H,3,9,11-12H2,1-2H3/b15-10+. The number of hydrogen-bond donors (Lipinski definition) is 0. The van der Waals surface area contributed by atoms with E-state index in [9.17, 15) is 4.79 Å². The first-order valence-electron chi connectivity index (χ1n) is 6.83. The molecule has 0 aromatic heterocycles. The Labute approximate surface area is 114 Å². The fourth-order valence-corrected chi connectivity index (χ4v) is 2.47. The van der Waals surface area contributed by atoms with Gasteiger partial charge in [0.05, 0.1) is 6.61 Å². The average molecular weight is 259 g/mol. The summed E-state index contributed by atoms with van der Waals surface area (Å²) in [5.41, 5.74) is 2.48. The van der Waals surface area contributed by atoms with Gasteiger partial charge in [-0.05, 0) is 31.4 Å². The minimum Gasteiger partial charge on any atom is -0.463 e. The van der Waals surface area contributed by atoms with Gasteiger partial charge in [0.25, 0.3) is 0 Å². The van der Waals surface area contributed by atoms with E-state index in [4.69, 9.17) is 4.74 Å². The van der Waals surface area contributed by atoms with Crippen molar-refractivity contribution in [3.8, 4) is 0 Å². The van der Waals surface area contributed by atoms with Crippen molar-refractivity contribution in [3.63, 3.8) is 0 Å². The number of esters is 1. The van der Waals surface area contributed by atoms with E-state index in [2.05, 4.69) is 36.1 Å². The van der Waals surface area contributed by atoms with Crippen LogP contribution in [0, 0.1) is 0 Å². The lowest BCUT2D eigenvalue weighted by molar-refractivity contribution is -0.137. The quantitative estimate of drug-likeness (QED) is 0.615. The van der Waals surface area contributed by atoms with E-state index in [1.807, 2.05) is 13.0 Å². The van der Waals surface area contributed by atoms with Crippen LogP contribution in [0.2, 0.25) is 0 Å². The van der Waals surface area contributed by atoms with Crippen LogP contribution >= 0.6 is 0 Å². The van der Waals surface area contributed by atoms with Gasteiger partial charge in [-0.2, -0.15) is 0 Å². The van der Waals surface area contributed by atoms with Crippen LogP contribution in [0.25, 0.3) is 0 Å². The molecule has 0 aliphatic carbocycles. The van der Waals surface area contributed by atoms with Crippen LogP contribution < -0.4 is 0 Å². The number of nitrogens with zero attached hydrogens (tertiary/aromatic N) is 1. The first kappa shape index (κ1) is 13.8. The predicted molar refractivity (Wildman–Crippen MR) is 75.6 cm³/mol. The summed E-state index contributed by atoms with van der Waals surface area (Å²) in [6.45, 7) is 6.26. The molecule has 0 N–H and O–H groups in total. The minimum absolute atomic E-state index is 0.216. The lowest BCUT2D eigenvalue weighted by atomic mass is 10.1. The van der Waals surface area contributed by atoms with Crippen molar-refractivity contribution in [3.05, 3.63) is 47.5 Å². The van der Waals surface area contributed by atoms with Crippen LogP contribution in [0.1, 0.15) is 25.8 Å². The maximum Gasteiger partial charge on any atom is 0.330 e. The van der Waals surface area contributed by atoms with E-state index < -0.39 is 0 Å². The van der Waals surface area contributed by atoms with Gasteiger partial charge >= 0.3 is 5.97 Å². The molecular formula is C16H21NO2. The second-order valence-corrected chi connectivity index (χ2v) is 5.00. The molecule has 0 radical (unpaired) electrons. The number of likely N-dealkylation sites (tertiary alicyclic amines) is 1. The van der Waals surface area contributed by atoms with Gasteiger partial charge in [-0.25, -0.2) is 4.79 Å². The number of rotatable bonds is 4. The Bertz CT molecular complexity index is 453. The summed E-state index contributed by atoms with van der Waals surface area (Å²) in [6.07, 6.45) is 2.61. The second-order valence-electron chi connectivity index (χ2n) is 5.00. The highest BCUT2D eigenvalue weighted by atomic mass is 16.5. The third-order valence-corrected chi connectivity index (χ3v) is 3.42. The highest BCUT2D eigenvalue weighted by Gasteiger charge is 2.24. The number of hydrogen-bond acceptors (Lipinski definition) is 3. The zero-order valence-electron chi connectivity index (χ0n) is 11.6. The molecule has 2 rings (SSSR count). The lowest BCUT2D eigenvalue weighted by Gasteiger charge is -2.20. The fraction of sp³-hybridized carbons (Fsp3) is 0.438. The Balaban J connectivity index is 1.96. The molecule has 1 saturated heterocycles. The molecule has 1 fully saturated rings. The number of ether oxygens (including phenoxy) is 1. The van der Waals surface area contributed by atoms with Gasteiger partial charge in [-0.1, -0.05) is 30.3 Å². The summed E-state index contributed by atoms with van der Waals surface area (Å²) in [4.78, 5) is 13.8. The molecule has 1 heterocycles. The molecule has 0 saturated carbocycles. The van der Waals surface area contributed by atoms with Crippen molar-refractivity contribution in [1.82, 2.24) is 4.90 Å². The van der Waals surface area contributed by atoms with Crippen molar-refractivity contribution < 1.29 is 9.53 Å². The molecule has 102 valence electrons. The van der Waals surface area contributed by atoms with Crippen LogP contribution in [0.15, 0.2) is 42.0 Å². The maximum absolute atomic E-state index is 11.5. The molecule has 1 aliphatic heterocycles.